The average molecular weight is 886 g/mol. The molecule has 0 bridgehead atoms. The van der Waals surface area contributed by atoms with Crippen LogP contribution in [-0.2, 0) is 10.8 Å². The molecule has 0 aliphatic heterocycles. The molecule has 2 atom stereocenters. The number of fused-ring (bicyclic) bond motifs is 6. The third kappa shape index (κ3) is 7.71. The second kappa shape index (κ2) is 17.2. The third-order valence-electron chi connectivity index (χ3n) is 15.7. The minimum absolute atomic E-state index is 0.0846. The lowest BCUT2D eigenvalue weighted by Gasteiger charge is -2.31. The Kier molecular flexibility index (Phi) is 11.3. The Morgan fingerprint density at radius 1 is 0.441 bits per heavy atom. The molecule has 0 saturated carbocycles. The molecule has 0 N–H and O–H groups in total. The van der Waals surface area contributed by atoms with E-state index in [2.05, 4.69) is 266 Å². The summed E-state index contributed by atoms with van der Waals surface area (Å²) in [5.74, 6) is 1.12. The van der Waals surface area contributed by atoms with E-state index < -0.39 is 0 Å². The van der Waals surface area contributed by atoms with Crippen LogP contribution in [-0.4, -0.2) is 0 Å². The van der Waals surface area contributed by atoms with Gasteiger partial charge in [-0.2, -0.15) is 5.26 Å². The first kappa shape index (κ1) is 44.7. The highest BCUT2D eigenvalue weighted by Crippen LogP contribution is 2.53. The summed E-state index contributed by atoms with van der Waals surface area (Å²) in [6, 6.07) is 72.2. The van der Waals surface area contributed by atoms with Crippen molar-refractivity contribution >= 4 is 34.1 Å². The first-order chi connectivity index (χ1) is 32.7. The maximum absolute atomic E-state index is 9.93. The van der Waals surface area contributed by atoms with Crippen LogP contribution in [0.25, 0.3) is 33.4 Å². The van der Waals surface area contributed by atoms with E-state index in [0.29, 0.717) is 11.8 Å². The second-order valence-electron chi connectivity index (χ2n) is 21.3. The van der Waals surface area contributed by atoms with Crippen molar-refractivity contribution in [1.82, 2.24) is 0 Å². The van der Waals surface area contributed by atoms with E-state index in [1.165, 1.54) is 61.2 Å². The fourth-order valence-corrected chi connectivity index (χ4v) is 11.2. The molecular formula is C65H63N3. The van der Waals surface area contributed by atoms with Gasteiger partial charge in [0.25, 0.3) is 0 Å². The molecule has 10 rings (SSSR count). The molecule has 68 heavy (non-hydrogen) atoms. The summed E-state index contributed by atoms with van der Waals surface area (Å²) in [5, 5.41) is 9.93. The van der Waals surface area contributed by atoms with Gasteiger partial charge in [0.2, 0.25) is 0 Å². The first-order valence-electron chi connectivity index (χ1n) is 24.5. The molecule has 0 radical (unpaired) electrons. The number of benzene rings is 8. The van der Waals surface area contributed by atoms with Crippen molar-refractivity contribution in [3.63, 3.8) is 0 Å². The van der Waals surface area contributed by atoms with Gasteiger partial charge in [0, 0.05) is 45.0 Å². The molecule has 3 nitrogen and oxygen atoms in total. The zero-order chi connectivity index (χ0) is 47.5. The van der Waals surface area contributed by atoms with Crippen molar-refractivity contribution in [1.29, 1.82) is 5.26 Å². The normalized spacial score (nSPS) is 14.8. The van der Waals surface area contributed by atoms with Crippen LogP contribution < -0.4 is 9.80 Å². The topological polar surface area (TPSA) is 30.3 Å². The molecule has 8 aromatic carbocycles. The molecule has 0 saturated heterocycles. The molecule has 2 unspecified atom stereocenters. The number of nitrogens with zero attached hydrogens (tertiary/aromatic N) is 3. The van der Waals surface area contributed by atoms with Crippen LogP contribution >= 0.6 is 0 Å². The predicted molar refractivity (Wildman–Crippen MR) is 287 cm³/mol. The Balaban J connectivity index is 0.949. The Morgan fingerprint density at radius 2 is 0.824 bits per heavy atom. The molecule has 8 aromatic rings. The maximum Gasteiger partial charge on any atom is 0.0686 e. The zero-order valence-electron chi connectivity index (χ0n) is 41.2. The van der Waals surface area contributed by atoms with Gasteiger partial charge in [-0.05, 0) is 172 Å². The van der Waals surface area contributed by atoms with E-state index >= 15 is 0 Å². The van der Waals surface area contributed by atoms with Crippen LogP contribution in [0.15, 0.2) is 188 Å². The smallest absolute Gasteiger partial charge is 0.0686 e. The molecule has 338 valence electrons. The van der Waals surface area contributed by atoms with Crippen molar-refractivity contribution < 1.29 is 0 Å². The summed E-state index contributed by atoms with van der Waals surface area (Å²) < 4.78 is 0. The van der Waals surface area contributed by atoms with Crippen LogP contribution in [0.4, 0.5) is 34.1 Å². The number of rotatable bonds is 12. The number of para-hydroxylation sites is 2. The van der Waals surface area contributed by atoms with E-state index in [0.717, 1.165) is 40.5 Å². The van der Waals surface area contributed by atoms with Crippen molar-refractivity contribution in [2.75, 3.05) is 9.80 Å². The van der Waals surface area contributed by atoms with E-state index in [1.54, 1.807) is 0 Å². The van der Waals surface area contributed by atoms with Gasteiger partial charge in [-0.15, -0.1) is 0 Å². The molecule has 2 aliphatic rings. The highest BCUT2D eigenvalue weighted by molar-refractivity contribution is 5.88. The highest BCUT2D eigenvalue weighted by atomic mass is 15.1. The van der Waals surface area contributed by atoms with E-state index in [9.17, 15) is 5.26 Å². The predicted octanol–water partition coefficient (Wildman–Crippen LogP) is 18.2. The lowest BCUT2D eigenvalue weighted by molar-refractivity contribution is 0.261. The minimum Gasteiger partial charge on any atom is -0.310 e. The fourth-order valence-electron chi connectivity index (χ4n) is 11.2. The SMILES string of the molecule is CC(C)C(CC(C)C(C)(C)C#N)c1ccc2c(c1)C(C)(C)c1cc(N(c3ccccc3)c3ccc(-c4ccc(N(c5ccccc5)c5ccc6c(c5)C(C)(C)c5ccccc5-6)cc4)cc3)ccc1-2. The third-order valence-corrected chi connectivity index (χ3v) is 15.7. The van der Waals surface area contributed by atoms with E-state index in [-0.39, 0.29) is 22.2 Å². The number of anilines is 6. The summed E-state index contributed by atoms with van der Waals surface area (Å²) in [4.78, 5) is 4.76. The molecule has 0 aromatic heterocycles. The van der Waals surface area contributed by atoms with Gasteiger partial charge in [0.05, 0.1) is 11.5 Å². The molecule has 0 heterocycles. The molecule has 3 heteroatoms. The van der Waals surface area contributed by atoms with Crippen LogP contribution in [0.2, 0.25) is 0 Å². The summed E-state index contributed by atoms with van der Waals surface area (Å²) >= 11 is 0. The summed E-state index contributed by atoms with van der Waals surface area (Å²) in [6.07, 6.45) is 0.988. The van der Waals surface area contributed by atoms with Crippen LogP contribution in [0, 0.1) is 28.6 Å². The van der Waals surface area contributed by atoms with Crippen molar-refractivity contribution in [2.24, 2.45) is 17.3 Å². The summed E-state index contributed by atoms with van der Waals surface area (Å²) in [7, 11) is 0. The van der Waals surface area contributed by atoms with E-state index in [4.69, 9.17) is 0 Å². The van der Waals surface area contributed by atoms with Crippen molar-refractivity contribution in [3.8, 4) is 39.4 Å². The van der Waals surface area contributed by atoms with Gasteiger partial charge in [-0.3, -0.25) is 0 Å². The van der Waals surface area contributed by atoms with Gasteiger partial charge in [0.1, 0.15) is 0 Å². The lowest BCUT2D eigenvalue weighted by Crippen LogP contribution is -2.23. The summed E-state index contributed by atoms with van der Waals surface area (Å²) in [6.45, 7) is 20.5. The largest absolute Gasteiger partial charge is 0.310 e. The van der Waals surface area contributed by atoms with Gasteiger partial charge in [0.15, 0.2) is 0 Å². The molecule has 0 fully saturated rings. The van der Waals surface area contributed by atoms with Crippen LogP contribution in [0.1, 0.15) is 102 Å². The quantitative estimate of drug-likeness (QED) is 0.122. The van der Waals surface area contributed by atoms with Crippen LogP contribution in [0.5, 0.6) is 0 Å². The number of hydrogen-bond acceptors (Lipinski definition) is 3. The monoisotopic (exact) mass is 886 g/mol. The summed E-state index contributed by atoms with van der Waals surface area (Å²) in [5.41, 5.74) is 20.6. The van der Waals surface area contributed by atoms with Gasteiger partial charge in [-0.1, -0.05) is 164 Å². The highest BCUT2D eigenvalue weighted by Gasteiger charge is 2.38. The van der Waals surface area contributed by atoms with E-state index in [1.807, 2.05) is 0 Å². The number of nitriles is 1. The number of hydrogen-bond donors (Lipinski definition) is 0. The minimum atomic E-state index is -0.367. The maximum atomic E-state index is 9.93. The molecular weight excluding hydrogens is 823 g/mol. The van der Waals surface area contributed by atoms with Gasteiger partial charge < -0.3 is 9.80 Å². The Morgan fingerprint density at radius 3 is 1.29 bits per heavy atom. The lowest BCUT2D eigenvalue weighted by atomic mass is 9.72. The van der Waals surface area contributed by atoms with Gasteiger partial charge >= 0.3 is 0 Å². The van der Waals surface area contributed by atoms with Gasteiger partial charge in [-0.25, -0.2) is 0 Å². The Bertz CT molecular complexity index is 3170. The zero-order valence-corrected chi connectivity index (χ0v) is 41.2. The standard InChI is InChI=1S/C65H63N3/c1-43(2)58(38-44(3)63(4,5)42-66)47-28-35-55-57-37-34-53(41-62(57)65(8,9)60(55)39-47)68(49-20-14-11-15-21-49)51-31-26-46(27-32-51)45-24-29-50(30-25-45)67(48-18-12-10-13-19-48)52-33-36-56-54-22-16-17-23-59(54)64(6,7)61(56)40-52/h10-37,39-41,43-44,58H,38H2,1-9H3. The van der Waals surface area contributed by atoms with Crippen LogP contribution in [0.3, 0.4) is 0 Å². The Labute approximate surface area is 405 Å². The molecule has 2 aliphatic carbocycles. The second-order valence-corrected chi connectivity index (χ2v) is 21.3. The average Bonchev–Trinajstić information content (AvgIpc) is 3.72. The molecule has 0 amide bonds. The first-order valence-corrected chi connectivity index (χ1v) is 24.5. The Hall–Kier alpha value is -7.15. The van der Waals surface area contributed by atoms with Crippen molar-refractivity contribution in [3.05, 3.63) is 216 Å². The molecule has 0 spiro atoms. The fraction of sp³-hybridized carbons (Fsp3) is 0.246. The van der Waals surface area contributed by atoms with Crippen molar-refractivity contribution in [2.45, 2.75) is 85.5 Å².